The summed E-state index contributed by atoms with van der Waals surface area (Å²) < 4.78 is 26.3. The number of anilines is 1. The van der Waals surface area contributed by atoms with Gasteiger partial charge in [-0.15, -0.1) is 0 Å². The standard InChI is InChI=1S/C29H22ClN3O7S2/c1-16(2)17-3-5-18(6-4-17)25-24(26(34)19-7-9-20(30)10-8-19)27(35)28(36)32(25)29-31-15-23(41-29)42(39,40)22-13-11-21(12-14-22)33(37)38/h3-16,24-25H,1-2H3. The lowest BCUT2D eigenvalue weighted by molar-refractivity contribution is -0.384. The van der Waals surface area contributed by atoms with Gasteiger partial charge in [-0.05, 0) is 53.4 Å². The number of hydrogen-bond acceptors (Lipinski definition) is 9. The van der Waals surface area contributed by atoms with Crippen LogP contribution in [0.2, 0.25) is 5.02 Å². The number of amides is 1. The summed E-state index contributed by atoms with van der Waals surface area (Å²) in [6, 6.07) is 16.4. The third kappa shape index (κ3) is 5.24. The molecule has 1 aliphatic heterocycles. The summed E-state index contributed by atoms with van der Waals surface area (Å²) in [4.78, 5) is 55.9. The molecule has 1 amide bonds. The van der Waals surface area contributed by atoms with Gasteiger partial charge in [-0.3, -0.25) is 29.4 Å². The van der Waals surface area contributed by atoms with Crippen LogP contribution >= 0.6 is 22.9 Å². The largest absolute Gasteiger partial charge is 0.297 e. The van der Waals surface area contributed by atoms with Crippen LogP contribution in [-0.4, -0.2) is 35.8 Å². The number of Topliss-reactive ketones (excluding diaryl/α,β-unsaturated/α-hetero) is 2. The second-order valence-electron chi connectivity index (χ2n) is 9.87. The highest BCUT2D eigenvalue weighted by molar-refractivity contribution is 7.93. The first kappa shape index (κ1) is 29.2. The monoisotopic (exact) mass is 623 g/mol. The zero-order valence-electron chi connectivity index (χ0n) is 22.1. The Balaban J connectivity index is 1.58. The van der Waals surface area contributed by atoms with Crippen molar-refractivity contribution in [1.82, 2.24) is 4.98 Å². The van der Waals surface area contributed by atoms with Gasteiger partial charge in [0.05, 0.1) is 22.1 Å². The van der Waals surface area contributed by atoms with Crippen molar-refractivity contribution < 1.29 is 27.7 Å². The number of nitrogens with zero attached hydrogens (tertiary/aromatic N) is 3. The average molecular weight is 624 g/mol. The summed E-state index contributed by atoms with van der Waals surface area (Å²) in [6.45, 7) is 4.03. The lowest BCUT2D eigenvalue weighted by Gasteiger charge is -2.25. The average Bonchev–Trinajstić information content (AvgIpc) is 3.56. The Labute approximate surface area is 249 Å². The molecule has 42 heavy (non-hydrogen) atoms. The van der Waals surface area contributed by atoms with Crippen LogP contribution in [-0.2, 0) is 19.4 Å². The highest BCUT2D eigenvalue weighted by Crippen LogP contribution is 2.44. The van der Waals surface area contributed by atoms with E-state index in [1.54, 1.807) is 12.1 Å². The fourth-order valence-corrected chi connectivity index (χ4v) is 7.38. The number of rotatable bonds is 8. The number of thiazole rings is 1. The van der Waals surface area contributed by atoms with Crippen molar-refractivity contribution in [2.24, 2.45) is 5.92 Å². The van der Waals surface area contributed by atoms with E-state index in [4.69, 9.17) is 11.6 Å². The molecule has 1 aromatic heterocycles. The molecule has 0 N–H and O–H groups in total. The number of halogens is 1. The number of sulfone groups is 1. The van der Waals surface area contributed by atoms with Crippen LogP contribution in [0.15, 0.2) is 88.1 Å². The van der Waals surface area contributed by atoms with Crippen LogP contribution in [0.25, 0.3) is 0 Å². The molecule has 5 rings (SSSR count). The van der Waals surface area contributed by atoms with Crippen molar-refractivity contribution in [2.75, 3.05) is 4.90 Å². The second kappa shape index (κ2) is 11.2. The molecule has 2 unspecified atom stereocenters. The van der Waals surface area contributed by atoms with Gasteiger partial charge >= 0.3 is 0 Å². The maximum atomic E-state index is 13.7. The Hall–Kier alpha value is -4.26. The fraction of sp³-hybridized carbons (Fsp3) is 0.172. The minimum Gasteiger partial charge on any atom is -0.293 e. The quantitative estimate of drug-likeness (QED) is 0.0785. The molecule has 4 aromatic rings. The first-order valence-electron chi connectivity index (χ1n) is 12.6. The fourth-order valence-electron chi connectivity index (χ4n) is 4.70. The Bertz CT molecular complexity index is 1820. The van der Waals surface area contributed by atoms with E-state index < -0.39 is 44.2 Å². The second-order valence-corrected chi connectivity index (χ2v) is 13.5. The summed E-state index contributed by atoms with van der Waals surface area (Å²) in [6.07, 6.45) is 1.06. The van der Waals surface area contributed by atoms with E-state index in [0.717, 1.165) is 40.9 Å². The number of nitro benzene ring substituents is 1. The van der Waals surface area contributed by atoms with Crippen molar-refractivity contribution in [3.05, 3.63) is 111 Å². The van der Waals surface area contributed by atoms with E-state index in [1.165, 1.54) is 24.3 Å². The van der Waals surface area contributed by atoms with Gasteiger partial charge in [-0.25, -0.2) is 13.4 Å². The predicted octanol–water partition coefficient (Wildman–Crippen LogP) is 5.82. The number of nitro groups is 1. The smallest absolute Gasteiger partial charge is 0.293 e. The Kier molecular flexibility index (Phi) is 7.80. The minimum atomic E-state index is -4.16. The van der Waals surface area contributed by atoms with Crippen molar-refractivity contribution in [3.63, 3.8) is 0 Å². The molecule has 2 atom stereocenters. The van der Waals surface area contributed by atoms with Crippen molar-refractivity contribution >= 4 is 61.1 Å². The van der Waals surface area contributed by atoms with Crippen LogP contribution in [0.4, 0.5) is 10.8 Å². The molecular formula is C29H22ClN3O7S2. The highest BCUT2D eigenvalue weighted by atomic mass is 35.5. The number of benzene rings is 3. The van der Waals surface area contributed by atoms with Crippen LogP contribution in [0.1, 0.15) is 47.3 Å². The number of carbonyl (C=O) groups is 3. The van der Waals surface area contributed by atoms with E-state index in [2.05, 4.69) is 4.98 Å². The molecule has 0 aliphatic carbocycles. The molecule has 0 spiro atoms. The zero-order valence-corrected chi connectivity index (χ0v) is 24.5. The van der Waals surface area contributed by atoms with Crippen LogP contribution in [0.3, 0.4) is 0 Å². The van der Waals surface area contributed by atoms with E-state index in [0.29, 0.717) is 21.9 Å². The molecule has 10 nitrogen and oxygen atoms in total. The summed E-state index contributed by atoms with van der Waals surface area (Å²) in [7, 11) is -4.16. The normalized spacial score (nSPS) is 17.2. The molecule has 0 radical (unpaired) electrons. The van der Waals surface area contributed by atoms with E-state index >= 15 is 0 Å². The lowest BCUT2D eigenvalue weighted by Crippen LogP contribution is -2.30. The third-order valence-corrected chi connectivity index (χ3v) is 10.4. The van der Waals surface area contributed by atoms with Gasteiger partial charge in [0.25, 0.3) is 11.6 Å². The Morgan fingerprint density at radius 3 is 2.19 bits per heavy atom. The van der Waals surface area contributed by atoms with Crippen molar-refractivity contribution in [1.29, 1.82) is 0 Å². The van der Waals surface area contributed by atoms with Gasteiger partial charge in [0, 0.05) is 22.7 Å². The summed E-state index contributed by atoms with van der Waals surface area (Å²) >= 11 is 6.63. The molecule has 1 fully saturated rings. The maximum absolute atomic E-state index is 13.7. The maximum Gasteiger partial charge on any atom is 0.297 e. The SMILES string of the molecule is CC(C)c1ccc(C2C(C(=O)c3ccc(Cl)cc3)C(=O)C(=O)N2c2ncc(S(=O)(=O)c3ccc([N+](=O)[O-])cc3)s2)cc1. The van der Waals surface area contributed by atoms with Crippen molar-refractivity contribution in [2.45, 2.75) is 34.9 Å². The molecule has 0 saturated carbocycles. The first-order chi connectivity index (χ1) is 19.9. The molecule has 2 heterocycles. The van der Waals surface area contributed by atoms with Crippen LogP contribution < -0.4 is 4.90 Å². The summed E-state index contributed by atoms with van der Waals surface area (Å²) in [5, 5.41) is 11.3. The minimum absolute atomic E-state index is 0.0850. The third-order valence-electron chi connectivity index (χ3n) is 6.96. The van der Waals surface area contributed by atoms with Crippen LogP contribution in [0, 0.1) is 16.0 Å². The number of carbonyl (C=O) groups excluding carboxylic acids is 3. The number of aromatic nitrogens is 1. The molecular weight excluding hydrogens is 602 g/mol. The predicted molar refractivity (Wildman–Crippen MR) is 156 cm³/mol. The zero-order chi connectivity index (χ0) is 30.3. The van der Waals surface area contributed by atoms with Gasteiger partial charge in [0.15, 0.2) is 10.9 Å². The molecule has 1 aliphatic rings. The number of hydrogen-bond donors (Lipinski definition) is 0. The van der Waals surface area contributed by atoms with Crippen molar-refractivity contribution in [3.8, 4) is 0 Å². The van der Waals surface area contributed by atoms with Gasteiger partial charge in [0.2, 0.25) is 15.6 Å². The number of ketones is 2. The van der Waals surface area contributed by atoms with Gasteiger partial charge < -0.3 is 0 Å². The Morgan fingerprint density at radius 1 is 1.00 bits per heavy atom. The Morgan fingerprint density at radius 2 is 1.62 bits per heavy atom. The number of non-ortho nitro benzene ring substituents is 1. The van der Waals surface area contributed by atoms with Crippen LogP contribution in [0.5, 0.6) is 0 Å². The summed E-state index contributed by atoms with van der Waals surface area (Å²) in [5.74, 6) is -3.72. The van der Waals surface area contributed by atoms with Gasteiger partial charge in [-0.2, -0.15) is 0 Å². The molecule has 3 aromatic carbocycles. The van der Waals surface area contributed by atoms with E-state index in [9.17, 15) is 32.9 Å². The van der Waals surface area contributed by atoms with E-state index in [1.807, 2.05) is 26.0 Å². The summed E-state index contributed by atoms with van der Waals surface area (Å²) in [5.41, 5.74) is 1.42. The van der Waals surface area contributed by atoms with Gasteiger partial charge in [-0.1, -0.05) is 61.1 Å². The lowest BCUT2D eigenvalue weighted by atomic mass is 9.86. The molecule has 1 saturated heterocycles. The molecule has 13 heteroatoms. The highest BCUT2D eigenvalue weighted by Gasteiger charge is 2.53. The van der Waals surface area contributed by atoms with Gasteiger partial charge in [0.1, 0.15) is 10.1 Å². The molecule has 214 valence electrons. The van der Waals surface area contributed by atoms with E-state index in [-0.39, 0.29) is 31.4 Å². The topological polar surface area (TPSA) is 145 Å². The molecule has 0 bridgehead atoms. The first-order valence-corrected chi connectivity index (χ1v) is 15.3.